The van der Waals surface area contributed by atoms with Gasteiger partial charge in [-0.1, -0.05) is 44.5 Å². The second-order valence-corrected chi connectivity index (χ2v) is 8.57. The molecule has 6 heteroatoms. The first kappa shape index (κ1) is 26.4. The second-order valence-electron chi connectivity index (χ2n) is 8.13. The number of hydrogen-bond donors (Lipinski definition) is 0. The molecule has 5 nitrogen and oxygen atoms in total. The fourth-order valence-electron chi connectivity index (χ4n) is 4.12. The number of hydrogen-bond acceptors (Lipinski definition) is 4. The number of carbonyl (C=O) groups excluding carboxylic acids is 1. The van der Waals surface area contributed by atoms with Crippen LogP contribution >= 0.6 is 11.6 Å². The number of benzene rings is 3. The van der Waals surface area contributed by atoms with E-state index in [0.717, 1.165) is 34.5 Å². The molecule has 0 N–H and O–H groups in total. The standard InChI is InChI=1S/C27H28ClNO4.C2H6/c1-5-17(2)33-25-16-23-19(14-24(25)32-4)15-26(30)29(21-10-12-22(31-3)13-11-21)27(23)18-6-8-20(28)9-7-18;1-2/h6-14,16-17,27H,5,15H2,1-4H3;1-2H3/t17-,27-;/m0./s1. The van der Waals surface area contributed by atoms with Crippen molar-refractivity contribution < 1.29 is 19.0 Å². The summed E-state index contributed by atoms with van der Waals surface area (Å²) in [6.07, 6.45) is 1.18. The minimum absolute atomic E-state index is 0.00487. The Bertz CT molecular complexity index is 1130. The molecule has 0 saturated carbocycles. The van der Waals surface area contributed by atoms with E-state index in [0.29, 0.717) is 16.5 Å². The smallest absolute Gasteiger partial charge is 0.232 e. The lowest BCUT2D eigenvalue weighted by molar-refractivity contribution is -0.118. The van der Waals surface area contributed by atoms with Crippen LogP contribution in [0.3, 0.4) is 0 Å². The summed E-state index contributed by atoms with van der Waals surface area (Å²) >= 11 is 6.17. The number of anilines is 1. The van der Waals surface area contributed by atoms with Crippen molar-refractivity contribution in [1.82, 2.24) is 0 Å². The SMILES string of the molecule is CC.CC[C@H](C)Oc1cc2c(cc1OC)CC(=O)N(c1ccc(OC)cc1)[C@H]2c1ccc(Cl)cc1. The molecule has 1 heterocycles. The van der Waals surface area contributed by atoms with Gasteiger partial charge in [0.25, 0.3) is 0 Å². The zero-order chi connectivity index (χ0) is 25.5. The molecule has 0 spiro atoms. The highest BCUT2D eigenvalue weighted by Crippen LogP contribution is 2.44. The Labute approximate surface area is 213 Å². The van der Waals surface area contributed by atoms with E-state index < -0.39 is 0 Å². The zero-order valence-electron chi connectivity index (χ0n) is 21.3. The summed E-state index contributed by atoms with van der Waals surface area (Å²) in [5, 5.41) is 0.646. The van der Waals surface area contributed by atoms with E-state index in [1.807, 2.05) is 86.3 Å². The van der Waals surface area contributed by atoms with Crippen molar-refractivity contribution in [1.29, 1.82) is 0 Å². The number of rotatable bonds is 7. The molecule has 3 aromatic rings. The van der Waals surface area contributed by atoms with Crippen LogP contribution in [0.15, 0.2) is 60.7 Å². The lowest BCUT2D eigenvalue weighted by Gasteiger charge is -2.38. The van der Waals surface area contributed by atoms with Crippen molar-refractivity contribution in [3.8, 4) is 17.2 Å². The average molecular weight is 496 g/mol. The van der Waals surface area contributed by atoms with Gasteiger partial charge in [-0.25, -0.2) is 0 Å². The molecule has 0 unspecified atom stereocenters. The Morgan fingerprint density at radius 2 is 1.63 bits per heavy atom. The van der Waals surface area contributed by atoms with Gasteiger partial charge in [-0.05, 0) is 78.6 Å². The maximum atomic E-state index is 13.5. The van der Waals surface area contributed by atoms with Crippen molar-refractivity contribution in [3.63, 3.8) is 0 Å². The fourth-order valence-corrected chi connectivity index (χ4v) is 4.24. The molecule has 0 bridgehead atoms. The Morgan fingerprint density at radius 1 is 0.971 bits per heavy atom. The summed E-state index contributed by atoms with van der Waals surface area (Å²) in [7, 11) is 3.25. The summed E-state index contributed by atoms with van der Waals surface area (Å²) in [4.78, 5) is 15.3. The van der Waals surface area contributed by atoms with Crippen molar-refractivity contribution in [2.75, 3.05) is 19.1 Å². The van der Waals surface area contributed by atoms with E-state index in [1.54, 1.807) is 14.2 Å². The molecule has 186 valence electrons. The van der Waals surface area contributed by atoms with Crippen molar-refractivity contribution >= 4 is 23.2 Å². The number of methoxy groups -OCH3 is 2. The predicted octanol–water partition coefficient (Wildman–Crippen LogP) is 7.24. The average Bonchev–Trinajstić information content (AvgIpc) is 2.89. The lowest BCUT2D eigenvalue weighted by atomic mass is 9.86. The van der Waals surface area contributed by atoms with E-state index in [1.165, 1.54) is 0 Å². The van der Waals surface area contributed by atoms with E-state index in [4.69, 9.17) is 25.8 Å². The number of nitrogens with zero attached hydrogens (tertiary/aromatic N) is 1. The molecule has 1 aliphatic rings. The van der Waals surface area contributed by atoms with Gasteiger partial charge in [0.15, 0.2) is 11.5 Å². The van der Waals surface area contributed by atoms with Crippen LogP contribution in [-0.4, -0.2) is 26.2 Å². The first-order chi connectivity index (χ1) is 16.9. The van der Waals surface area contributed by atoms with Gasteiger partial charge in [0.05, 0.1) is 32.8 Å². The van der Waals surface area contributed by atoms with E-state index in [2.05, 4.69) is 6.92 Å². The van der Waals surface area contributed by atoms with Crippen LogP contribution < -0.4 is 19.1 Å². The summed E-state index contributed by atoms with van der Waals surface area (Å²) < 4.78 is 17.1. The molecule has 0 aromatic heterocycles. The first-order valence-electron chi connectivity index (χ1n) is 12.0. The number of amides is 1. The van der Waals surface area contributed by atoms with E-state index in [-0.39, 0.29) is 24.5 Å². The molecule has 2 atom stereocenters. The molecule has 0 radical (unpaired) electrons. The normalized spacial score (nSPS) is 15.5. The highest BCUT2D eigenvalue weighted by atomic mass is 35.5. The van der Waals surface area contributed by atoms with Crippen LogP contribution in [0.1, 0.15) is 56.8 Å². The first-order valence-corrected chi connectivity index (χ1v) is 12.4. The minimum Gasteiger partial charge on any atom is -0.497 e. The van der Waals surface area contributed by atoms with E-state index in [9.17, 15) is 4.79 Å². The summed E-state index contributed by atoms with van der Waals surface area (Å²) in [6.45, 7) is 8.11. The number of ether oxygens (including phenoxy) is 3. The fraction of sp³-hybridized carbons (Fsp3) is 0.345. The predicted molar refractivity (Wildman–Crippen MR) is 142 cm³/mol. The molecular weight excluding hydrogens is 462 g/mol. The highest BCUT2D eigenvalue weighted by Gasteiger charge is 2.36. The van der Waals surface area contributed by atoms with Gasteiger partial charge in [-0.3, -0.25) is 4.79 Å². The third-order valence-electron chi connectivity index (χ3n) is 6.03. The largest absolute Gasteiger partial charge is 0.497 e. The van der Waals surface area contributed by atoms with Crippen molar-refractivity contribution in [2.45, 2.75) is 52.7 Å². The maximum Gasteiger partial charge on any atom is 0.232 e. The monoisotopic (exact) mass is 495 g/mol. The molecule has 1 aliphatic heterocycles. The van der Waals surface area contributed by atoms with Gasteiger partial charge in [0.1, 0.15) is 5.75 Å². The molecule has 4 rings (SSSR count). The molecule has 0 aliphatic carbocycles. The topological polar surface area (TPSA) is 48.0 Å². The van der Waals surface area contributed by atoms with Crippen LogP contribution in [-0.2, 0) is 11.2 Å². The second kappa shape index (κ2) is 12.0. The number of carbonyl (C=O) groups is 1. The van der Waals surface area contributed by atoms with Gasteiger partial charge < -0.3 is 19.1 Å². The maximum absolute atomic E-state index is 13.5. The van der Waals surface area contributed by atoms with Gasteiger partial charge in [-0.2, -0.15) is 0 Å². The van der Waals surface area contributed by atoms with Crippen LogP contribution in [0.4, 0.5) is 5.69 Å². The third kappa shape index (κ3) is 5.73. The molecule has 0 saturated heterocycles. The number of fused-ring (bicyclic) bond motifs is 1. The summed E-state index contributed by atoms with van der Waals surface area (Å²) in [5.41, 5.74) is 3.70. The van der Waals surface area contributed by atoms with Crippen LogP contribution in [0.5, 0.6) is 17.2 Å². The Morgan fingerprint density at radius 3 is 2.20 bits per heavy atom. The van der Waals surface area contributed by atoms with Gasteiger partial charge >= 0.3 is 0 Å². The van der Waals surface area contributed by atoms with Gasteiger partial charge in [-0.15, -0.1) is 0 Å². The number of halogens is 1. The highest BCUT2D eigenvalue weighted by molar-refractivity contribution is 6.30. The molecule has 35 heavy (non-hydrogen) atoms. The zero-order valence-corrected chi connectivity index (χ0v) is 22.1. The van der Waals surface area contributed by atoms with Crippen LogP contribution in [0, 0.1) is 0 Å². The third-order valence-corrected chi connectivity index (χ3v) is 6.28. The molecule has 0 fully saturated rings. The molecule has 1 amide bonds. The lowest BCUT2D eigenvalue weighted by Crippen LogP contribution is -2.41. The minimum atomic E-state index is -0.336. The quantitative estimate of drug-likeness (QED) is 0.346. The molecule has 3 aromatic carbocycles. The van der Waals surface area contributed by atoms with Gasteiger partial charge in [0, 0.05) is 10.7 Å². The Kier molecular flexibility index (Phi) is 9.05. The summed E-state index contributed by atoms with van der Waals surface area (Å²) in [6, 6.07) is 18.8. The molecular formula is C29H34ClNO4. The Hall–Kier alpha value is -3.18. The van der Waals surface area contributed by atoms with Crippen molar-refractivity contribution in [2.24, 2.45) is 0 Å². The van der Waals surface area contributed by atoms with Crippen LogP contribution in [0.2, 0.25) is 5.02 Å². The van der Waals surface area contributed by atoms with Gasteiger partial charge in [0.2, 0.25) is 5.91 Å². The summed E-state index contributed by atoms with van der Waals surface area (Å²) in [5.74, 6) is 2.05. The Balaban J connectivity index is 0.00000167. The van der Waals surface area contributed by atoms with E-state index >= 15 is 0 Å². The van der Waals surface area contributed by atoms with Crippen molar-refractivity contribution in [3.05, 3.63) is 82.4 Å². The van der Waals surface area contributed by atoms with Crippen LogP contribution in [0.25, 0.3) is 0 Å².